The molecule has 0 aliphatic rings. The Labute approximate surface area is 107 Å². The molecule has 0 unspecified atom stereocenters. The van der Waals surface area contributed by atoms with E-state index in [1.165, 1.54) is 5.56 Å². The molecule has 0 bridgehead atoms. The number of hydrogen-bond donors (Lipinski definition) is 3. The van der Waals surface area contributed by atoms with Gasteiger partial charge in [-0.2, -0.15) is 0 Å². The van der Waals surface area contributed by atoms with E-state index in [0.29, 0.717) is 6.04 Å². The fourth-order valence-electron chi connectivity index (χ4n) is 1.68. The molecule has 2 heterocycles. The van der Waals surface area contributed by atoms with Crippen molar-refractivity contribution in [2.24, 2.45) is 0 Å². The van der Waals surface area contributed by atoms with E-state index in [1.807, 2.05) is 18.5 Å². The second kappa shape index (κ2) is 6.05. The van der Waals surface area contributed by atoms with Gasteiger partial charge in [0.1, 0.15) is 18.0 Å². The van der Waals surface area contributed by atoms with E-state index in [4.69, 9.17) is 0 Å². The third kappa shape index (κ3) is 3.76. The van der Waals surface area contributed by atoms with Gasteiger partial charge in [-0.05, 0) is 31.9 Å². The maximum absolute atomic E-state index is 4.20. The highest BCUT2D eigenvalue weighted by Crippen LogP contribution is 2.09. The number of aromatic nitrogens is 3. The Kier molecular flexibility index (Phi) is 4.17. The Morgan fingerprint density at radius 3 is 2.83 bits per heavy atom. The van der Waals surface area contributed by atoms with Crippen molar-refractivity contribution in [3.63, 3.8) is 0 Å². The van der Waals surface area contributed by atoms with Crippen LogP contribution in [0.4, 0.5) is 11.6 Å². The highest BCUT2D eigenvalue weighted by molar-refractivity contribution is 5.46. The summed E-state index contributed by atoms with van der Waals surface area (Å²) in [5, 5.41) is 6.54. The molecule has 2 rings (SSSR count). The van der Waals surface area contributed by atoms with Crippen molar-refractivity contribution in [1.29, 1.82) is 0 Å². The van der Waals surface area contributed by atoms with Crippen LogP contribution < -0.4 is 10.6 Å². The molecule has 0 saturated heterocycles. The lowest BCUT2D eigenvalue weighted by atomic mass is 10.2. The molecule has 0 saturated carbocycles. The summed E-state index contributed by atoms with van der Waals surface area (Å²) in [6, 6.07) is 4.37. The highest BCUT2D eigenvalue weighted by Gasteiger charge is 2.00. The van der Waals surface area contributed by atoms with Crippen LogP contribution in [0.3, 0.4) is 0 Å². The van der Waals surface area contributed by atoms with E-state index in [1.54, 1.807) is 6.33 Å². The molecule has 3 N–H and O–H groups in total. The van der Waals surface area contributed by atoms with Gasteiger partial charge in [-0.15, -0.1) is 0 Å². The van der Waals surface area contributed by atoms with Crippen LogP contribution in [0.1, 0.15) is 19.4 Å². The smallest absolute Gasteiger partial charge is 0.131 e. The Hall–Kier alpha value is -2.04. The minimum absolute atomic E-state index is 0.368. The fraction of sp³-hybridized carbons (Fsp3) is 0.385. The molecule has 0 atom stereocenters. The molecule has 0 aliphatic carbocycles. The normalized spacial score (nSPS) is 10.6. The average molecular weight is 245 g/mol. The standard InChI is InChI=1S/C13H19N5/c1-10(2)18-13-7-12(16-9-17-13)15-6-4-11-3-5-14-8-11/h3,5,7-10,14H,4,6H2,1-2H3,(H2,15,16,17,18). The van der Waals surface area contributed by atoms with Crippen molar-refractivity contribution in [3.05, 3.63) is 36.4 Å². The molecule has 0 aromatic carbocycles. The molecular weight excluding hydrogens is 226 g/mol. The number of H-pyrrole nitrogens is 1. The summed E-state index contributed by atoms with van der Waals surface area (Å²) in [6.45, 7) is 5.03. The molecule has 0 amide bonds. The molecule has 2 aromatic rings. The summed E-state index contributed by atoms with van der Waals surface area (Å²) >= 11 is 0. The van der Waals surface area contributed by atoms with Gasteiger partial charge in [0.05, 0.1) is 0 Å². The zero-order valence-electron chi connectivity index (χ0n) is 10.8. The van der Waals surface area contributed by atoms with Crippen LogP contribution in [0, 0.1) is 0 Å². The third-order valence-electron chi connectivity index (χ3n) is 2.49. The molecule has 2 aromatic heterocycles. The van der Waals surface area contributed by atoms with Crippen LogP contribution >= 0.6 is 0 Å². The van der Waals surface area contributed by atoms with E-state index in [0.717, 1.165) is 24.6 Å². The van der Waals surface area contributed by atoms with Crippen LogP contribution in [0.2, 0.25) is 0 Å². The third-order valence-corrected chi connectivity index (χ3v) is 2.49. The molecule has 0 fully saturated rings. The molecule has 18 heavy (non-hydrogen) atoms. The summed E-state index contributed by atoms with van der Waals surface area (Å²) < 4.78 is 0. The summed E-state index contributed by atoms with van der Waals surface area (Å²) in [4.78, 5) is 11.4. The monoisotopic (exact) mass is 245 g/mol. The number of anilines is 2. The Bertz CT molecular complexity index is 464. The van der Waals surface area contributed by atoms with Crippen molar-refractivity contribution >= 4 is 11.6 Å². The van der Waals surface area contributed by atoms with E-state index in [9.17, 15) is 0 Å². The minimum Gasteiger partial charge on any atom is -0.370 e. The Balaban J connectivity index is 1.85. The number of hydrogen-bond acceptors (Lipinski definition) is 4. The summed E-state index contributed by atoms with van der Waals surface area (Å²) in [6.07, 6.45) is 6.49. The van der Waals surface area contributed by atoms with Crippen molar-refractivity contribution in [1.82, 2.24) is 15.0 Å². The Morgan fingerprint density at radius 1 is 1.28 bits per heavy atom. The van der Waals surface area contributed by atoms with Crippen LogP contribution in [0.5, 0.6) is 0 Å². The van der Waals surface area contributed by atoms with Crippen molar-refractivity contribution in [2.45, 2.75) is 26.3 Å². The lowest BCUT2D eigenvalue weighted by molar-refractivity contribution is 0.885. The zero-order valence-corrected chi connectivity index (χ0v) is 10.8. The maximum Gasteiger partial charge on any atom is 0.131 e. The quantitative estimate of drug-likeness (QED) is 0.730. The fourth-order valence-corrected chi connectivity index (χ4v) is 1.68. The van der Waals surface area contributed by atoms with Crippen molar-refractivity contribution < 1.29 is 0 Å². The zero-order chi connectivity index (χ0) is 12.8. The van der Waals surface area contributed by atoms with E-state index in [-0.39, 0.29) is 0 Å². The molecule has 0 radical (unpaired) electrons. The molecule has 5 nitrogen and oxygen atoms in total. The molecule has 0 spiro atoms. The predicted molar refractivity (Wildman–Crippen MR) is 73.8 cm³/mol. The Morgan fingerprint density at radius 2 is 2.11 bits per heavy atom. The van der Waals surface area contributed by atoms with Gasteiger partial charge in [0.2, 0.25) is 0 Å². The summed E-state index contributed by atoms with van der Waals surface area (Å²) in [5.74, 6) is 1.70. The highest BCUT2D eigenvalue weighted by atomic mass is 15.1. The van der Waals surface area contributed by atoms with E-state index >= 15 is 0 Å². The predicted octanol–water partition coefficient (Wildman–Crippen LogP) is 2.28. The first kappa shape index (κ1) is 12.4. The maximum atomic E-state index is 4.20. The first-order chi connectivity index (χ1) is 8.74. The number of rotatable bonds is 6. The first-order valence-corrected chi connectivity index (χ1v) is 6.18. The van der Waals surface area contributed by atoms with Crippen molar-refractivity contribution in [3.8, 4) is 0 Å². The largest absolute Gasteiger partial charge is 0.370 e. The molecule has 96 valence electrons. The summed E-state index contributed by atoms with van der Waals surface area (Å²) in [7, 11) is 0. The van der Waals surface area contributed by atoms with Gasteiger partial charge in [0.15, 0.2) is 0 Å². The van der Waals surface area contributed by atoms with Gasteiger partial charge in [0.25, 0.3) is 0 Å². The number of nitrogens with zero attached hydrogens (tertiary/aromatic N) is 2. The lowest BCUT2D eigenvalue weighted by Crippen LogP contribution is -2.12. The van der Waals surface area contributed by atoms with Gasteiger partial charge in [-0.3, -0.25) is 0 Å². The van der Waals surface area contributed by atoms with E-state index in [2.05, 4.69) is 45.5 Å². The van der Waals surface area contributed by atoms with Crippen LogP contribution in [-0.2, 0) is 6.42 Å². The lowest BCUT2D eigenvalue weighted by Gasteiger charge is -2.10. The van der Waals surface area contributed by atoms with E-state index < -0.39 is 0 Å². The second-order valence-electron chi connectivity index (χ2n) is 4.48. The molecular formula is C13H19N5. The van der Waals surface area contributed by atoms with Crippen LogP contribution in [-0.4, -0.2) is 27.5 Å². The summed E-state index contributed by atoms with van der Waals surface area (Å²) in [5.41, 5.74) is 1.29. The topological polar surface area (TPSA) is 65.6 Å². The number of nitrogens with one attached hydrogen (secondary N) is 3. The second-order valence-corrected chi connectivity index (χ2v) is 4.48. The van der Waals surface area contributed by atoms with Crippen LogP contribution in [0.15, 0.2) is 30.9 Å². The van der Waals surface area contributed by atoms with Gasteiger partial charge < -0.3 is 15.6 Å². The SMILES string of the molecule is CC(C)Nc1cc(NCCc2cc[nH]c2)ncn1. The average Bonchev–Trinajstić information content (AvgIpc) is 2.82. The van der Waals surface area contributed by atoms with Crippen molar-refractivity contribution in [2.75, 3.05) is 17.2 Å². The molecule has 0 aliphatic heterocycles. The van der Waals surface area contributed by atoms with Gasteiger partial charge in [-0.1, -0.05) is 0 Å². The number of aromatic amines is 1. The van der Waals surface area contributed by atoms with Crippen LogP contribution in [0.25, 0.3) is 0 Å². The minimum atomic E-state index is 0.368. The first-order valence-electron chi connectivity index (χ1n) is 6.18. The van der Waals surface area contributed by atoms with Gasteiger partial charge in [-0.25, -0.2) is 9.97 Å². The molecule has 5 heteroatoms. The van der Waals surface area contributed by atoms with Gasteiger partial charge in [0, 0.05) is 31.0 Å². The van der Waals surface area contributed by atoms with Gasteiger partial charge >= 0.3 is 0 Å².